The van der Waals surface area contributed by atoms with Crippen molar-refractivity contribution in [2.24, 2.45) is 0 Å². The van der Waals surface area contributed by atoms with Crippen LogP contribution in [0, 0.1) is 0 Å². The van der Waals surface area contributed by atoms with E-state index in [2.05, 4.69) is 19.7 Å². The zero-order valence-corrected chi connectivity index (χ0v) is 10.7. The first-order valence-corrected chi connectivity index (χ1v) is 5.98. The predicted molar refractivity (Wildman–Crippen MR) is 70.8 cm³/mol. The lowest BCUT2D eigenvalue weighted by Gasteiger charge is -2.03. The van der Waals surface area contributed by atoms with Crippen LogP contribution in [0.1, 0.15) is 5.82 Å². The third-order valence-corrected chi connectivity index (χ3v) is 2.86. The summed E-state index contributed by atoms with van der Waals surface area (Å²) in [5, 5.41) is 0. The van der Waals surface area contributed by atoms with Crippen molar-refractivity contribution in [2.45, 2.75) is 6.42 Å². The lowest BCUT2D eigenvalue weighted by molar-refractivity contribution is -0.139. The van der Waals surface area contributed by atoms with Gasteiger partial charge in [0.15, 0.2) is 12.0 Å². The molecule has 0 aliphatic carbocycles. The molecule has 6 heteroatoms. The highest BCUT2D eigenvalue weighted by Gasteiger charge is 2.08. The molecule has 2 aromatic heterocycles. The molecule has 0 bridgehead atoms. The quantitative estimate of drug-likeness (QED) is 0.677. The highest BCUT2D eigenvalue weighted by molar-refractivity contribution is 5.79. The number of fused-ring (bicyclic) bond motifs is 1. The van der Waals surface area contributed by atoms with Crippen LogP contribution in [0.5, 0.6) is 0 Å². The fraction of sp³-hybridized carbons (Fsp3) is 0.143. The zero-order chi connectivity index (χ0) is 13.9. The second-order valence-corrected chi connectivity index (χ2v) is 4.15. The summed E-state index contributed by atoms with van der Waals surface area (Å²) in [6.07, 6.45) is 3.07. The van der Waals surface area contributed by atoms with Crippen LogP contribution < -0.4 is 0 Å². The first-order valence-electron chi connectivity index (χ1n) is 5.98. The smallest absolute Gasteiger partial charge is 0.313 e. The van der Waals surface area contributed by atoms with Crippen molar-refractivity contribution in [3.05, 3.63) is 42.7 Å². The Balaban J connectivity index is 1.96. The fourth-order valence-electron chi connectivity index (χ4n) is 1.86. The fourth-order valence-corrected chi connectivity index (χ4v) is 1.86. The molecule has 1 aromatic carbocycles. The van der Waals surface area contributed by atoms with Crippen molar-refractivity contribution in [3.8, 4) is 11.3 Å². The topological polar surface area (TPSA) is 78.1 Å². The maximum absolute atomic E-state index is 11.2. The number of nitrogens with zero attached hydrogens (tertiary/aromatic N) is 3. The Labute approximate surface area is 114 Å². The number of benzene rings is 1. The van der Waals surface area contributed by atoms with Gasteiger partial charge in [0.25, 0.3) is 0 Å². The molecule has 2 heterocycles. The van der Waals surface area contributed by atoms with Crippen LogP contribution >= 0.6 is 0 Å². The Kier molecular flexibility index (Phi) is 3.12. The third kappa shape index (κ3) is 2.35. The monoisotopic (exact) mass is 269 g/mol. The van der Waals surface area contributed by atoms with Gasteiger partial charge in [-0.15, -0.1) is 0 Å². The SMILES string of the molecule is COC(=O)Cc1nccc(-c2ccc3ncoc3c2)n1. The second kappa shape index (κ2) is 5.08. The van der Waals surface area contributed by atoms with E-state index in [1.807, 2.05) is 18.2 Å². The van der Waals surface area contributed by atoms with E-state index < -0.39 is 0 Å². The Morgan fingerprint density at radius 3 is 3.05 bits per heavy atom. The van der Waals surface area contributed by atoms with Crippen molar-refractivity contribution in [1.82, 2.24) is 15.0 Å². The predicted octanol–water partition coefficient (Wildman–Crippen LogP) is 2.00. The molecule has 3 aromatic rings. The summed E-state index contributed by atoms with van der Waals surface area (Å²) in [5.41, 5.74) is 3.08. The summed E-state index contributed by atoms with van der Waals surface area (Å²) >= 11 is 0. The molecule has 20 heavy (non-hydrogen) atoms. The van der Waals surface area contributed by atoms with Crippen LogP contribution in [0.25, 0.3) is 22.4 Å². The van der Waals surface area contributed by atoms with E-state index in [-0.39, 0.29) is 12.4 Å². The van der Waals surface area contributed by atoms with E-state index in [0.717, 1.165) is 16.8 Å². The minimum atomic E-state index is -0.368. The van der Waals surface area contributed by atoms with Gasteiger partial charge in [0.05, 0.1) is 12.8 Å². The van der Waals surface area contributed by atoms with E-state index in [1.54, 1.807) is 12.3 Å². The summed E-state index contributed by atoms with van der Waals surface area (Å²) in [4.78, 5) is 23.7. The van der Waals surface area contributed by atoms with Gasteiger partial charge >= 0.3 is 5.97 Å². The largest absolute Gasteiger partial charge is 0.469 e. The lowest BCUT2D eigenvalue weighted by atomic mass is 10.1. The van der Waals surface area contributed by atoms with Crippen LogP contribution in [0.4, 0.5) is 0 Å². The Morgan fingerprint density at radius 1 is 1.30 bits per heavy atom. The zero-order valence-electron chi connectivity index (χ0n) is 10.7. The van der Waals surface area contributed by atoms with Crippen molar-refractivity contribution in [3.63, 3.8) is 0 Å². The van der Waals surface area contributed by atoms with Crippen LogP contribution in [0.15, 0.2) is 41.3 Å². The van der Waals surface area contributed by atoms with Gasteiger partial charge in [-0.05, 0) is 18.2 Å². The molecule has 0 fully saturated rings. The molecule has 0 spiro atoms. The molecule has 0 saturated carbocycles. The molecular weight excluding hydrogens is 258 g/mol. The summed E-state index contributed by atoms with van der Waals surface area (Å²) in [7, 11) is 1.34. The number of ether oxygens (including phenoxy) is 1. The van der Waals surface area contributed by atoms with Crippen LogP contribution in [-0.4, -0.2) is 28.0 Å². The molecule has 0 aliphatic heterocycles. The third-order valence-electron chi connectivity index (χ3n) is 2.86. The number of esters is 1. The summed E-state index contributed by atoms with van der Waals surface area (Å²) in [6.45, 7) is 0. The number of hydrogen-bond acceptors (Lipinski definition) is 6. The van der Waals surface area contributed by atoms with Crippen molar-refractivity contribution in [2.75, 3.05) is 7.11 Å². The average molecular weight is 269 g/mol. The number of hydrogen-bond donors (Lipinski definition) is 0. The Hall–Kier alpha value is -2.76. The van der Waals surface area contributed by atoms with Gasteiger partial charge in [-0.2, -0.15) is 0 Å². The number of aromatic nitrogens is 3. The summed E-state index contributed by atoms with van der Waals surface area (Å²) in [5.74, 6) is 0.0554. The molecule has 0 radical (unpaired) electrons. The number of carbonyl (C=O) groups is 1. The first kappa shape index (κ1) is 12.3. The molecule has 0 atom stereocenters. The van der Waals surface area contributed by atoms with Crippen molar-refractivity contribution < 1.29 is 13.9 Å². The number of methoxy groups -OCH3 is 1. The highest BCUT2D eigenvalue weighted by Crippen LogP contribution is 2.22. The lowest BCUT2D eigenvalue weighted by Crippen LogP contribution is -2.08. The molecule has 3 rings (SSSR count). The molecule has 100 valence electrons. The van der Waals surface area contributed by atoms with Crippen LogP contribution in [0.2, 0.25) is 0 Å². The normalized spacial score (nSPS) is 10.7. The second-order valence-electron chi connectivity index (χ2n) is 4.15. The summed E-state index contributed by atoms with van der Waals surface area (Å²) in [6, 6.07) is 7.39. The number of oxazole rings is 1. The van der Waals surface area contributed by atoms with E-state index in [9.17, 15) is 4.79 Å². The maximum atomic E-state index is 11.2. The minimum absolute atomic E-state index is 0.0505. The Bertz CT molecular complexity index is 767. The van der Waals surface area contributed by atoms with Gasteiger partial charge in [-0.3, -0.25) is 4.79 Å². The van der Waals surface area contributed by atoms with Gasteiger partial charge < -0.3 is 9.15 Å². The van der Waals surface area contributed by atoms with Crippen LogP contribution in [0.3, 0.4) is 0 Å². The van der Waals surface area contributed by atoms with Gasteiger partial charge in [0, 0.05) is 11.8 Å². The van der Waals surface area contributed by atoms with E-state index in [1.165, 1.54) is 13.5 Å². The maximum Gasteiger partial charge on any atom is 0.313 e. The highest BCUT2D eigenvalue weighted by atomic mass is 16.5. The van der Waals surface area contributed by atoms with Gasteiger partial charge in [0.1, 0.15) is 17.8 Å². The van der Waals surface area contributed by atoms with Crippen LogP contribution in [-0.2, 0) is 16.0 Å². The summed E-state index contributed by atoms with van der Waals surface area (Å²) < 4.78 is 9.87. The van der Waals surface area contributed by atoms with Crippen molar-refractivity contribution >= 4 is 17.1 Å². The number of carbonyl (C=O) groups excluding carboxylic acids is 1. The average Bonchev–Trinajstić information content (AvgIpc) is 2.94. The van der Waals surface area contributed by atoms with Gasteiger partial charge in [-0.1, -0.05) is 6.07 Å². The van der Waals surface area contributed by atoms with Gasteiger partial charge in [0.2, 0.25) is 0 Å². The van der Waals surface area contributed by atoms with Gasteiger partial charge in [-0.25, -0.2) is 15.0 Å². The van der Waals surface area contributed by atoms with Crippen molar-refractivity contribution in [1.29, 1.82) is 0 Å². The Morgan fingerprint density at radius 2 is 2.20 bits per heavy atom. The number of rotatable bonds is 3. The molecule has 0 unspecified atom stereocenters. The molecule has 0 amide bonds. The minimum Gasteiger partial charge on any atom is -0.469 e. The molecule has 0 N–H and O–H groups in total. The molecule has 0 aliphatic rings. The van der Waals surface area contributed by atoms with E-state index in [4.69, 9.17) is 4.42 Å². The van der Waals surface area contributed by atoms with E-state index in [0.29, 0.717) is 11.4 Å². The first-order chi connectivity index (χ1) is 9.76. The van der Waals surface area contributed by atoms with E-state index >= 15 is 0 Å². The standard InChI is InChI=1S/C14H11N3O3/c1-19-14(18)7-13-15-5-4-10(17-13)9-2-3-11-12(6-9)20-8-16-11/h2-6,8H,7H2,1H3. The molecule has 0 saturated heterocycles. The molecule has 6 nitrogen and oxygen atoms in total. The molecular formula is C14H11N3O3.